The lowest BCUT2D eigenvalue weighted by Gasteiger charge is -2.25. The maximum absolute atomic E-state index is 5.37. The highest BCUT2D eigenvalue weighted by Gasteiger charge is 2.15. The summed E-state index contributed by atoms with van der Waals surface area (Å²) in [6, 6.07) is 4.07. The van der Waals surface area contributed by atoms with Crippen molar-refractivity contribution in [2.45, 2.75) is 6.54 Å². The zero-order valence-corrected chi connectivity index (χ0v) is 12.3. The number of pyridine rings is 1. The fourth-order valence-corrected chi connectivity index (χ4v) is 3.25. The van der Waals surface area contributed by atoms with Crippen LogP contribution >= 0.6 is 11.3 Å². The van der Waals surface area contributed by atoms with Gasteiger partial charge in [0.2, 0.25) is 11.7 Å². The van der Waals surface area contributed by atoms with Gasteiger partial charge < -0.3 is 9.84 Å². The predicted molar refractivity (Wildman–Crippen MR) is 81.1 cm³/mol. The number of hydrogen-bond donors (Lipinski definition) is 1. The van der Waals surface area contributed by atoms with Crippen molar-refractivity contribution in [2.75, 3.05) is 26.2 Å². The minimum absolute atomic E-state index is 0.614. The highest BCUT2D eigenvalue weighted by atomic mass is 32.1. The number of thiophene rings is 1. The minimum atomic E-state index is 0.614. The van der Waals surface area contributed by atoms with Crippen molar-refractivity contribution in [3.8, 4) is 11.4 Å². The number of nitrogens with one attached hydrogen (secondary N) is 1. The normalized spacial score (nSPS) is 16.6. The molecule has 1 aliphatic heterocycles. The average Bonchev–Trinajstić information content (AvgIpc) is 3.16. The first-order valence-electron chi connectivity index (χ1n) is 6.98. The summed E-state index contributed by atoms with van der Waals surface area (Å²) >= 11 is 1.67. The zero-order valence-electron chi connectivity index (χ0n) is 11.5. The van der Waals surface area contributed by atoms with Crippen LogP contribution in [0.2, 0.25) is 0 Å². The highest BCUT2D eigenvalue weighted by molar-refractivity contribution is 7.17. The van der Waals surface area contributed by atoms with Gasteiger partial charge in [0.25, 0.3) is 0 Å². The number of piperazine rings is 1. The summed E-state index contributed by atoms with van der Waals surface area (Å²) in [7, 11) is 0. The predicted octanol–water partition coefficient (Wildman–Crippen LogP) is 1.75. The van der Waals surface area contributed by atoms with Crippen molar-refractivity contribution in [3.05, 3.63) is 29.6 Å². The summed E-state index contributed by atoms with van der Waals surface area (Å²) in [4.78, 5) is 11.2. The Hall–Kier alpha value is -1.83. The Labute approximate surface area is 125 Å². The van der Waals surface area contributed by atoms with Crippen molar-refractivity contribution >= 4 is 21.6 Å². The zero-order chi connectivity index (χ0) is 14.1. The number of rotatable bonds is 3. The highest BCUT2D eigenvalue weighted by Crippen LogP contribution is 2.24. The van der Waals surface area contributed by atoms with E-state index in [1.54, 1.807) is 17.5 Å². The van der Waals surface area contributed by atoms with Crippen LogP contribution in [-0.2, 0) is 6.54 Å². The van der Waals surface area contributed by atoms with E-state index < -0.39 is 0 Å². The van der Waals surface area contributed by atoms with Crippen molar-refractivity contribution in [1.82, 2.24) is 25.3 Å². The maximum Gasteiger partial charge on any atom is 0.241 e. The fourth-order valence-electron chi connectivity index (χ4n) is 2.47. The molecule has 0 bridgehead atoms. The molecule has 0 saturated carbocycles. The molecule has 0 amide bonds. The molecule has 1 N–H and O–H groups in total. The lowest BCUT2D eigenvalue weighted by Crippen LogP contribution is -2.42. The molecule has 0 spiro atoms. The van der Waals surface area contributed by atoms with Gasteiger partial charge in [0, 0.05) is 37.9 Å². The van der Waals surface area contributed by atoms with E-state index >= 15 is 0 Å². The van der Waals surface area contributed by atoms with Gasteiger partial charge in [0.05, 0.1) is 16.8 Å². The molecular weight excluding hydrogens is 286 g/mol. The molecule has 4 rings (SSSR count). The van der Waals surface area contributed by atoms with Gasteiger partial charge in [0.15, 0.2) is 0 Å². The molecule has 3 aromatic rings. The first kappa shape index (κ1) is 12.9. The van der Waals surface area contributed by atoms with Crippen LogP contribution in [-0.4, -0.2) is 46.2 Å². The van der Waals surface area contributed by atoms with Gasteiger partial charge in [-0.05, 0) is 17.5 Å². The molecule has 1 fully saturated rings. The van der Waals surface area contributed by atoms with E-state index in [-0.39, 0.29) is 0 Å². The monoisotopic (exact) mass is 301 g/mol. The van der Waals surface area contributed by atoms with Gasteiger partial charge in [0.1, 0.15) is 0 Å². The number of hydrogen-bond acceptors (Lipinski definition) is 7. The van der Waals surface area contributed by atoms with Gasteiger partial charge in [-0.15, -0.1) is 11.3 Å². The molecule has 6 nitrogen and oxygen atoms in total. The molecule has 0 aliphatic carbocycles. The second kappa shape index (κ2) is 5.51. The summed E-state index contributed by atoms with van der Waals surface area (Å²) in [6.07, 6.45) is 1.80. The van der Waals surface area contributed by atoms with E-state index in [9.17, 15) is 0 Å². The van der Waals surface area contributed by atoms with Crippen LogP contribution < -0.4 is 5.32 Å². The molecule has 21 heavy (non-hydrogen) atoms. The van der Waals surface area contributed by atoms with Gasteiger partial charge >= 0.3 is 0 Å². The van der Waals surface area contributed by atoms with Crippen molar-refractivity contribution in [1.29, 1.82) is 0 Å². The molecular formula is C14H15N5OS. The van der Waals surface area contributed by atoms with Crippen molar-refractivity contribution in [2.24, 2.45) is 0 Å². The van der Waals surface area contributed by atoms with E-state index in [2.05, 4.69) is 31.4 Å². The molecule has 0 atom stereocenters. The van der Waals surface area contributed by atoms with Crippen LogP contribution in [0.4, 0.5) is 0 Å². The van der Waals surface area contributed by atoms with E-state index in [0.717, 1.165) is 42.0 Å². The molecule has 108 valence electrons. The standard InChI is InChI=1S/C14H15N5OS/c1-6-21-12-7-10(8-16-11(1)12)14-17-13(20-18-14)9-19-4-2-15-3-5-19/h1,6-8,15H,2-5,9H2. The van der Waals surface area contributed by atoms with Gasteiger partial charge in [-0.3, -0.25) is 9.88 Å². The third kappa shape index (κ3) is 2.67. The van der Waals surface area contributed by atoms with E-state index in [1.165, 1.54) is 0 Å². The van der Waals surface area contributed by atoms with Crippen LogP contribution in [0.5, 0.6) is 0 Å². The topological polar surface area (TPSA) is 67.1 Å². The summed E-state index contributed by atoms with van der Waals surface area (Å²) in [5, 5.41) is 9.45. The Kier molecular flexibility index (Phi) is 3.38. The van der Waals surface area contributed by atoms with Gasteiger partial charge in [-0.2, -0.15) is 4.98 Å². The first-order valence-corrected chi connectivity index (χ1v) is 7.86. The summed E-state index contributed by atoms with van der Waals surface area (Å²) in [5.41, 5.74) is 1.91. The maximum atomic E-state index is 5.37. The Morgan fingerprint density at radius 1 is 1.33 bits per heavy atom. The molecule has 1 saturated heterocycles. The number of fused-ring (bicyclic) bond motifs is 1. The first-order chi connectivity index (χ1) is 10.4. The van der Waals surface area contributed by atoms with Crippen LogP contribution in [0, 0.1) is 0 Å². The van der Waals surface area contributed by atoms with E-state index in [1.807, 2.05) is 11.4 Å². The Morgan fingerprint density at radius 2 is 2.24 bits per heavy atom. The molecule has 0 radical (unpaired) electrons. The lowest BCUT2D eigenvalue weighted by atomic mass is 10.2. The number of aromatic nitrogens is 3. The summed E-state index contributed by atoms with van der Waals surface area (Å²) in [6.45, 7) is 4.77. The molecule has 0 aromatic carbocycles. The smallest absolute Gasteiger partial charge is 0.241 e. The Morgan fingerprint density at radius 3 is 3.14 bits per heavy atom. The van der Waals surface area contributed by atoms with Crippen LogP contribution in [0.15, 0.2) is 28.2 Å². The van der Waals surface area contributed by atoms with Crippen molar-refractivity contribution in [3.63, 3.8) is 0 Å². The quantitative estimate of drug-likeness (QED) is 0.795. The van der Waals surface area contributed by atoms with Gasteiger partial charge in [-0.1, -0.05) is 5.16 Å². The second-order valence-electron chi connectivity index (χ2n) is 5.07. The van der Waals surface area contributed by atoms with E-state index in [4.69, 9.17) is 4.52 Å². The Balaban J connectivity index is 1.55. The van der Waals surface area contributed by atoms with Crippen molar-refractivity contribution < 1.29 is 4.52 Å². The molecule has 4 heterocycles. The SMILES string of the molecule is c1cc2ncc(-c3noc(CN4CCNCC4)n3)cc2s1. The van der Waals surface area contributed by atoms with E-state index in [0.29, 0.717) is 18.3 Å². The third-order valence-electron chi connectivity index (χ3n) is 3.60. The number of nitrogens with zero attached hydrogens (tertiary/aromatic N) is 4. The second-order valence-corrected chi connectivity index (χ2v) is 6.01. The largest absolute Gasteiger partial charge is 0.338 e. The van der Waals surface area contributed by atoms with Crippen LogP contribution in [0.1, 0.15) is 5.89 Å². The molecule has 7 heteroatoms. The van der Waals surface area contributed by atoms with Crippen LogP contribution in [0.25, 0.3) is 21.6 Å². The minimum Gasteiger partial charge on any atom is -0.338 e. The van der Waals surface area contributed by atoms with Crippen LogP contribution in [0.3, 0.4) is 0 Å². The molecule has 0 unspecified atom stereocenters. The fraction of sp³-hybridized carbons (Fsp3) is 0.357. The third-order valence-corrected chi connectivity index (χ3v) is 4.45. The molecule has 1 aliphatic rings. The lowest BCUT2D eigenvalue weighted by molar-refractivity contribution is 0.203. The van der Waals surface area contributed by atoms with Gasteiger partial charge in [-0.25, -0.2) is 0 Å². The Bertz CT molecular complexity index is 747. The summed E-state index contributed by atoms with van der Waals surface area (Å²) in [5.74, 6) is 1.28. The average molecular weight is 301 g/mol. The summed E-state index contributed by atoms with van der Waals surface area (Å²) < 4.78 is 6.51. The molecule has 3 aromatic heterocycles.